The molecule has 3 rings (SSSR count). The molecule has 114 valence electrons. The van der Waals surface area contributed by atoms with Crippen molar-refractivity contribution in [2.45, 2.75) is 13.0 Å². The quantitative estimate of drug-likeness (QED) is 0.727. The first-order chi connectivity index (χ1) is 10.7. The number of hydrogen-bond donors (Lipinski definition) is 1. The molecule has 0 bridgehead atoms. The highest BCUT2D eigenvalue weighted by molar-refractivity contribution is 7.21. The number of hydrogen-bond acceptors (Lipinski definition) is 4. The second-order valence-corrected chi connectivity index (χ2v) is 6.06. The van der Waals surface area contributed by atoms with Gasteiger partial charge in [0.05, 0.1) is 5.02 Å². The Kier molecular flexibility index (Phi) is 4.35. The summed E-state index contributed by atoms with van der Waals surface area (Å²) in [6, 6.07) is 4.68. The molecule has 8 heteroatoms. The number of aryl methyl sites for hydroxylation is 1. The van der Waals surface area contributed by atoms with E-state index in [2.05, 4.69) is 15.4 Å². The summed E-state index contributed by atoms with van der Waals surface area (Å²) < 4.78 is 16.1. The zero-order chi connectivity index (χ0) is 15.5. The van der Waals surface area contributed by atoms with E-state index in [1.165, 1.54) is 23.7 Å². The van der Waals surface area contributed by atoms with Gasteiger partial charge in [0, 0.05) is 23.2 Å². The summed E-state index contributed by atoms with van der Waals surface area (Å²) in [5.41, 5.74) is 0. The molecule has 2 heterocycles. The van der Waals surface area contributed by atoms with Crippen molar-refractivity contribution in [2.24, 2.45) is 0 Å². The number of carbonyl (C=O) groups excluding carboxylic acids is 1. The lowest BCUT2D eigenvalue weighted by Gasteiger charge is -2.04. The molecule has 0 saturated heterocycles. The van der Waals surface area contributed by atoms with Gasteiger partial charge in [-0.15, -0.1) is 11.3 Å². The largest absolute Gasteiger partial charge is 0.351 e. The molecule has 1 aromatic carbocycles. The number of fused-ring (bicyclic) bond motifs is 1. The fraction of sp³-hybridized carbons (Fsp3) is 0.214. The van der Waals surface area contributed by atoms with Gasteiger partial charge in [-0.2, -0.15) is 5.10 Å². The third-order valence-corrected chi connectivity index (χ3v) is 4.77. The van der Waals surface area contributed by atoms with Gasteiger partial charge in [-0.3, -0.25) is 9.48 Å². The molecule has 0 atom stereocenters. The average Bonchev–Trinajstić information content (AvgIpc) is 3.12. The molecule has 0 aliphatic carbocycles. The number of aromatic nitrogens is 3. The average molecular weight is 339 g/mol. The van der Waals surface area contributed by atoms with Crippen molar-refractivity contribution in [3.63, 3.8) is 0 Å². The Bertz CT molecular complexity index is 803. The van der Waals surface area contributed by atoms with Gasteiger partial charge in [-0.1, -0.05) is 17.7 Å². The van der Waals surface area contributed by atoms with E-state index < -0.39 is 5.82 Å². The van der Waals surface area contributed by atoms with Crippen LogP contribution in [0.1, 0.15) is 16.1 Å². The fourth-order valence-corrected chi connectivity index (χ4v) is 3.56. The van der Waals surface area contributed by atoms with Crippen molar-refractivity contribution < 1.29 is 9.18 Å². The lowest BCUT2D eigenvalue weighted by Crippen LogP contribution is -2.24. The Morgan fingerprint density at radius 2 is 2.32 bits per heavy atom. The molecule has 3 aromatic rings. The number of rotatable bonds is 5. The number of carbonyl (C=O) groups is 1. The van der Waals surface area contributed by atoms with Gasteiger partial charge in [0.2, 0.25) is 0 Å². The summed E-state index contributed by atoms with van der Waals surface area (Å²) in [6.45, 7) is 1.14. The Morgan fingerprint density at radius 3 is 3.05 bits per heavy atom. The molecule has 1 N–H and O–H groups in total. The van der Waals surface area contributed by atoms with Gasteiger partial charge >= 0.3 is 0 Å². The smallest absolute Gasteiger partial charge is 0.262 e. The molecule has 0 saturated carbocycles. The van der Waals surface area contributed by atoms with Crippen molar-refractivity contribution in [1.82, 2.24) is 20.1 Å². The first-order valence-electron chi connectivity index (χ1n) is 6.64. The molecule has 0 fully saturated rings. The number of halogens is 2. The van der Waals surface area contributed by atoms with Crippen molar-refractivity contribution in [3.05, 3.63) is 46.6 Å². The number of amides is 1. The number of thiophene rings is 1. The molecular weight excluding hydrogens is 327 g/mol. The monoisotopic (exact) mass is 338 g/mol. The van der Waals surface area contributed by atoms with Crippen LogP contribution >= 0.6 is 22.9 Å². The van der Waals surface area contributed by atoms with E-state index in [4.69, 9.17) is 11.6 Å². The SMILES string of the molecule is O=C(NCCCn1cncn1)c1sc2cccc(F)c2c1Cl. The van der Waals surface area contributed by atoms with Crippen LogP contribution in [0.3, 0.4) is 0 Å². The first-order valence-corrected chi connectivity index (χ1v) is 7.83. The van der Waals surface area contributed by atoms with Gasteiger partial charge in [-0.25, -0.2) is 9.37 Å². The minimum absolute atomic E-state index is 0.173. The van der Waals surface area contributed by atoms with E-state index in [0.717, 1.165) is 0 Å². The Labute approximate surface area is 134 Å². The summed E-state index contributed by atoms with van der Waals surface area (Å²) in [5, 5.41) is 7.24. The number of nitrogens with one attached hydrogen (secondary N) is 1. The van der Waals surface area contributed by atoms with Crippen LogP contribution in [-0.2, 0) is 6.54 Å². The lowest BCUT2D eigenvalue weighted by molar-refractivity contribution is 0.0957. The van der Waals surface area contributed by atoms with Crippen LogP contribution < -0.4 is 5.32 Å². The molecule has 0 aliphatic rings. The lowest BCUT2D eigenvalue weighted by atomic mass is 10.2. The van der Waals surface area contributed by atoms with Crippen molar-refractivity contribution in [1.29, 1.82) is 0 Å². The second kappa shape index (κ2) is 6.41. The summed E-state index contributed by atoms with van der Waals surface area (Å²) in [7, 11) is 0. The van der Waals surface area contributed by atoms with Gasteiger partial charge in [-0.05, 0) is 18.6 Å². The van der Waals surface area contributed by atoms with E-state index >= 15 is 0 Å². The summed E-state index contributed by atoms with van der Waals surface area (Å²) in [6.07, 6.45) is 3.80. The van der Waals surface area contributed by atoms with Crippen molar-refractivity contribution >= 4 is 38.9 Å². The highest BCUT2D eigenvalue weighted by Crippen LogP contribution is 2.36. The van der Waals surface area contributed by atoms with Crippen LogP contribution in [0.2, 0.25) is 5.02 Å². The predicted molar refractivity (Wildman–Crippen MR) is 83.8 cm³/mol. The van der Waals surface area contributed by atoms with Gasteiger partial charge in [0.15, 0.2) is 0 Å². The van der Waals surface area contributed by atoms with Crippen molar-refractivity contribution in [2.75, 3.05) is 6.54 Å². The van der Waals surface area contributed by atoms with E-state index in [9.17, 15) is 9.18 Å². The van der Waals surface area contributed by atoms with Gasteiger partial charge in [0.25, 0.3) is 5.91 Å². The Hall–Kier alpha value is -1.99. The van der Waals surface area contributed by atoms with Crippen molar-refractivity contribution in [3.8, 4) is 0 Å². The van der Waals surface area contributed by atoms with Crippen LogP contribution in [0, 0.1) is 5.82 Å². The highest BCUT2D eigenvalue weighted by atomic mass is 35.5. The molecule has 22 heavy (non-hydrogen) atoms. The maximum absolute atomic E-state index is 13.8. The standard InChI is InChI=1S/C14H12ClFN4OS/c15-12-11-9(16)3-1-4-10(11)22-13(12)14(21)18-5-2-6-20-8-17-7-19-20/h1,3-4,7-8H,2,5-6H2,(H,18,21). The summed E-state index contributed by atoms with van der Waals surface area (Å²) in [4.78, 5) is 16.3. The zero-order valence-electron chi connectivity index (χ0n) is 11.4. The Balaban J connectivity index is 1.65. The zero-order valence-corrected chi connectivity index (χ0v) is 13.0. The molecule has 0 aliphatic heterocycles. The van der Waals surface area contributed by atoms with Gasteiger partial charge in [0.1, 0.15) is 23.3 Å². The summed E-state index contributed by atoms with van der Waals surface area (Å²) in [5.74, 6) is -0.701. The van der Waals surface area contributed by atoms with Crippen LogP contribution in [-0.4, -0.2) is 27.2 Å². The van der Waals surface area contributed by atoms with Crippen LogP contribution in [0.25, 0.3) is 10.1 Å². The Morgan fingerprint density at radius 1 is 1.45 bits per heavy atom. The van der Waals surface area contributed by atoms with Crippen LogP contribution in [0.4, 0.5) is 4.39 Å². The van der Waals surface area contributed by atoms with E-state index in [1.807, 2.05) is 0 Å². The molecule has 5 nitrogen and oxygen atoms in total. The molecule has 2 aromatic heterocycles. The topological polar surface area (TPSA) is 59.8 Å². The molecular formula is C14H12ClFN4OS. The van der Waals surface area contributed by atoms with E-state index in [1.54, 1.807) is 23.1 Å². The molecule has 0 unspecified atom stereocenters. The number of nitrogens with zero attached hydrogens (tertiary/aromatic N) is 3. The normalized spacial score (nSPS) is 11.0. The molecule has 0 radical (unpaired) electrons. The van der Waals surface area contributed by atoms with E-state index in [-0.39, 0.29) is 10.9 Å². The predicted octanol–water partition coefficient (Wildman–Crippen LogP) is 3.11. The maximum Gasteiger partial charge on any atom is 0.262 e. The van der Waals surface area contributed by atoms with E-state index in [0.29, 0.717) is 34.5 Å². The second-order valence-electron chi connectivity index (χ2n) is 4.63. The highest BCUT2D eigenvalue weighted by Gasteiger charge is 2.18. The third kappa shape index (κ3) is 2.95. The van der Waals surface area contributed by atoms with Crippen LogP contribution in [0.15, 0.2) is 30.9 Å². The minimum atomic E-state index is -0.413. The third-order valence-electron chi connectivity index (χ3n) is 3.13. The minimum Gasteiger partial charge on any atom is -0.351 e. The van der Waals surface area contributed by atoms with Gasteiger partial charge < -0.3 is 5.32 Å². The molecule has 0 spiro atoms. The molecule has 1 amide bonds. The summed E-state index contributed by atoms with van der Waals surface area (Å²) >= 11 is 7.33. The number of benzene rings is 1. The first kappa shape index (κ1) is 14.9. The fourth-order valence-electron chi connectivity index (χ4n) is 2.09. The maximum atomic E-state index is 13.8. The van der Waals surface area contributed by atoms with Crippen LogP contribution in [0.5, 0.6) is 0 Å².